The van der Waals surface area contributed by atoms with Crippen molar-refractivity contribution in [3.63, 3.8) is 0 Å². The molecule has 1 aliphatic heterocycles. The van der Waals surface area contributed by atoms with E-state index in [0.717, 1.165) is 11.1 Å². The lowest BCUT2D eigenvalue weighted by Gasteiger charge is -2.47. The smallest absolute Gasteiger partial charge is 0.224 e. The quantitative estimate of drug-likeness (QED) is 0.555. The first-order chi connectivity index (χ1) is 14.4. The summed E-state index contributed by atoms with van der Waals surface area (Å²) in [6.45, 7) is -0.538. The largest absolute Gasteiger partial charge is 0.394 e. The zero-order chi connectivity index (χ0) is 21.5. The van der Waals surface area contributed by atoms with Gasteiger partial charge in [0.05, 0.1) is 6.61 Å². The highest BCUT2D eigenvalue weighted by Gasteiger charge is 2.55. The van der Waals surface area contributed by atoms with Gasteiger partial charge in [0.25, 0.3) is 0 Å². The van der Waals surface area contributed by atoms with E-state index in [2.05, 4.69) is 24.3 Å². The Morgan fingerprint density at radius 1 is 1.07 bits per heavy atom. The minimum atomic E-state index is -1.75. The lowest BCUT2D eigenvalue weighted by Crippen LogP contribution is -2.64. The fraction of sp³-hybridized carbons (Fsp3) is 0.478. The predicted molar refractivity (Wildman–Crippen MR) is 111 cm³/mol. The van der Waals surface area contributed by atoms with Gasteiger partial charge in [0.15, 0.2) is 0 Å². The van der Waals surface area contributed by atoms with Gasteiger partial charge < -0.3 is 29.9 Å². The molecule has 4 N–H and O–H groups in total. The molecule has 1 saturated heterocycles. The van der Waals surface area contributed by atoms with E-state index >= 15 is 0 Å². The Bertz CT molecular complexity index is 882. The van der Waals surface area contributed by atoms with Crippen LogP contribution in [-0.4, -0.2) is 58.6 Å². The van der Waals surface area contributed by atoms with Crippen LogP contribution in [0, 0.1) is 0 Å². The molecule has 1 aliphatic carbocycles. The molecule has 6 nitrogen and oxygen atoms in total. The Kier molecular flexibility index (Phi) is 6.19. The molecule has 1 saturated carbocycles. The zero-order valence-corrected chi connectivity index (χ0v) is 17.5. The predicted octanol–water partition coefficient (Wildman–Crippen LogP) is 2.08. The third kappa shape index (κ3) is 3.89. The summed E-state index contributed by atoms with van der Waals surface area (Å²) in [5.74, 6) is -1.06. The zero-order valence-electron chi connectivity index (χ0n) is 16.7. The highest BCUT2D eigenvalue weighted by atomic mass is 35.5. The van der Waals surface area contributed by atoms with Gasteiger partial charge in [0.2, 0.25) is 5.79 Å². The second-order valence-corrected chi connectivity index (χ2v) is 8.54. The Morgan fingerprint density at radius 3 is 2.37 bits per heavy atom. The van der Waals surface area contributed by atoms with Crippen molar-refractivity contribution in [3.8, 4) is 0 Å². The van der Waals surface area contributed by atoms with Gasteiger partial charge in [-0.25, -0.2) is 0 Å². The molecule has 1 heterocycles. The van der Waals surface area contributed by atoms with E-state index < -0.39 is 36.8 Å². The van der Waals surface area contributed by atoms with Gasteiger partial charge >= 0.3 is 0 Å². The van der Waals surface area contributed by atoms with Crippen LogP contribution in [-0.2, 0) is 21.7 Å². The van der Waals surface area contributed by atoms with Crippen LogP contribution < -0.4 is 0 Å². The first-order valence-electron chi connectivity index (χ1n) is 10.2. The third-order valence-electron chi connectivity index (χ3n) is 6.12. The number of hydrogen-bond acceptors (Lipinski definition) is 6. The molecule has 5 atom stereocenters. The van der Waals surface area contributed by atoms with Gasteiger partial charge in [-0.2, -0.15) is 0 Å². The summed E-state index contributed by atoms with van der Waals surface area (Å²) in [6.07, 6.45) is -2.59. The van der Waals surface area contributed by atoms with E-state index in [4.69, 9.17) is 21.1 Å². The maximum atomic E-state index is 10.7. The Morgan fingerprint density at radius 2 is 1.77 bits per heavy atom. The van der Waals surface area contributed by atoms with Crippen molar-refractivity contribution in [2.45, 2.75) is 55.4 Å². The van der Waals surface area contributed by atoms with Crippen molar-refractivity contribution >= 4 is 11.6 Å². The van der Waals surface area contributed by atoms with Crippen molar-refractivity contribution in [1.82, 2.24) is 0 Å². The minimum Gasteiger partial charge on any atom is -0.394 e. The van der Waals surface area contributed by atoms with Crippen LogP contribution in [0.15, 0.2) is 42.5 Å². The Labute approximate surface area is 180 Å². The molecule has 0 spiro atoms. The number of methoxy groups -OCH3 is 1. The number of aliphatic hydroxyl groups is 4. The molecule has 0 radical (unpaired) electrons. The van der Waals surface area contributed by atoms with Gasteiger partial charge in [-0.15, -0.1) is 0 Å². The number of aliphatic hydroxyl groups excluding tert-OH is 4. The van der Waals surface area contributed by atoms with Gasteiger partial charge in [-0.05, 0) is 54.0 Å². The summed E-state index contributed by atoms with van der Waals surface area (Å²) in [5, 5.41) is 41.2. The highest BCUT2D eigenvalue weighted by Crippen LogP contribution is 2.41. The second kappa shape index (κ2) is 8.55. The van der Waals surface area contributed by atoms with Crippen LogP contribution in [0.1, 0.15) is 41.0 Å². The molecule has 3 unspecified atom stereocenters. The molecular weight excluding hydrogens is 408 g/mol. The SMILES string of the molecule is CO[C@@]1(c2ccc(Cl)c(Cc3ccc(C4CC4)cc3)c2)O[C@H](CO)C(O)C(O)C1O. The van der Waals surface area contributed by atoms with Crippen LogP contribution >= 0.6 is 11.6 Å². The van der Waals surface area contributed by atoms with Crippen molar-refractivity contribution in [2.24, 2.45) is 0 Å². The topological polar surface area (TPSA) is 99.4 Å². The molecule has 2 aromatic rings. The minimum absolute atomic E-state index is 0.441. The van der Waals surface area contributed by atoms with E-state index in [0.29, 0.717) is 22.9 Å². The summed E-state index contributed by atoms with van der Waals surface area (Å²) >= 11 is 6.44. The standard InChI is InChI=1S/C23H27ClO6/c1-29-23(22(28)21(27)20(26)19(12-25)30-23)17-8-9-18(24)16(11-17)10-13-2-4-14(5-3-13)15-6-7-15/h2-5,8-9,11,15,19-22,25-28H,6-7,10,12H2,1H3/t19-,20?,21?,22?,23+/m1/s1. The van der Waals surface area contributed by atoms with Crippen molar-refractivity contribution < 1.29 is 29.9 Å². The van der Waals surface area contributed by atoms with Crippen LogP contribution in [0.3, 0.4) is 0 Å². The lowest BCUT2D eigenvalue weighted by molar-refractivity contribution is -0.366. The monoisotopic (exact) mass is 434 g/mol. The van der Waals surface area contributed by atoms with Crippen LogP contribution in [0.25, 0.3) is 0 Å². The summed E-state index contributed by atoms with van der Waals surface area (Å²) in [5.41, 5.74) is 3.70. The molecule has 0 aromatic heterocycles. The summed E-state index contributed by atoms with van der Waals surface area (Å²) < 4.78 is 11.3. The summed E-state index contributed by atoms with van der Waals surface area (Å²) in [6, 6.07) is 13.6. The Balaban J connectivity index is 1.65. The van der Waals surface area contributed by atoms with E-state index in [1.54, 1.807) is 18.2 Å². The second-order valence-electron chi connectivity index (χ2n) is 8.14. The van der Waals surface area contributed by atoms with E-state index in [1.165, 1.54) is 25.5 Å². The molecule has 2 aliphatic rings. The van der Waals surface area contributed by atoms with Gasteiger partial charge in [0.1, 0.15) is 24.4 Å². The molecule has 2 aromatic carbocycles. The average molecular weight is 435 g/mol. The van der Waals surface area contributed by atoms with E-state index in [9.17, 15) is 20.4 Å². The molecule has 30 heavy (non-hydrogen) atoms. The number of halogens is 1. The van der Waals surface area contributed by atoms with Gasteiger partial charge in [0, 0.05) is 17.7 Å². The third-order valence-corrected chi connectivity index (χ3v) is 6.49. The van der Waals surface area contributed by atoms with Crippen LogP contribution in [0.2, 0.25) is 5.02 Å². The summed E-state index contributed by atoms with van der Waals surface area (Å²) in [7, 11) is 1.34. The number of hydrogen-bond donors (Lipinski definition) is 4. The molecule has 2 fully saturated rings. The van der Waals surface area contributed by atoms with Crippen molar-refractivity contribution in [1.29, 1.82) is 0 Å². The first kappa shape index (κ1) is 21.7. The number of ether oxygens (including phenoxy) is 2. The molecule has 162 valence electrons. The fourth-order valence-electron chi connectivity index (χ4n) is 4.14. The van der Waals surface area contributed by atoms with E-state index in [1.807, 2.05) is 0 Å². The maximum Gasteiger partial charge on any atom is 0.224 e. The van der Waals surface area contributed by atoms with Gasteiger partial charge in [-0.3, -0.25) is 0 Å². The maximum absolute atomic E-state index is 10.7. The van der Waals surface area contributed by atoms with Crippen LogP contribution in [0.5, 0.6) is 0 Å². The molecule has 7 heteroatoms. The molecule has 0 bridgehead atoms. The summed E-state index contributed by atoms with van der Waals surface area (Å²) in [4.78, 5) is 0. The Hall–Kier alpha value is -1.51. The average Bonchev–Trinajstić information content (AvgIpc) is 3.60. The van der Waals surface area contributed by atoms with Crippen molar-refractivity contribution in [2.75, 3.05) is 13.7 Å². The molecular formula is C23H27ClO6. The number of benzene rings is 2. The van der Waals surface area contributed by atoms with Gasteiger partial charge in [-0.1, -0.05) is 41.9 Å². The fourth-order valence-corrected chi connectivity index (χ4v) is 4.32. The van der Waals surface area contributed by atoms with Crippen molar-refractivity contribution in [3.05, 3.63) is 69.7 Å². The lowest BCUT2D eigenvalue weighted by atomic mass is 9.87. The highest BCUT2D eigenvalue weighted by molar-refractivity contribution is 6.31. The van der Waals surface area contributed by atoms with E-state index in [-0.39, 0.29) is 0 Å². The normalized spacial score (nSPS) is 31.7. The first-order valence-corrected chi connectivity index (χ1v) is 10.5. The van der Waals surface area contributed by atoms with Crippen LogP contribution in [0.4, 0.5) is 0 Å². The molecule has 0 amide bonds. The molecule has 4 rings (SSSR count). The number of rotatable bonds is 6.